The lowest BCUT2D eigenvalue weighted by Crippen LogP contribution is -2.56. The van der Waals surface area contributed by atoms with Crippen LogP contribution in [-0.4, -0.2) is 31.3 Å². The van der Waals surface area contributed by atoms with Gasteiger partial charge in [-0.1, -0.05) is 36.4 Å². The van der Waals surface area contributed by atoms with E-state index in [9.17, 15) is 40.2 Å². The average Bonchev–Trinajstić information content (AvgIpc) is 2.59. The topological polar surface area (TPSA) is 23.5 Å². The number of rotatable bonds is 4. The highest BCUT2D eigenvalue weighted by Gasteiger charge is 2.72. The Morgan fingerprint density at radius 2 is 1.11 bits per heavy atom. The fraction of sp³-hybridized carbons (Fsp3) is 0.333. The summed E-state index contributed by atoms with van der Waals surface area (Å²) < 4.78 is 109. The first kappa shape index (κ1) is 21.9. The van der Waals surface area contributed by atoms with Crippen LogP contribution in [0.5, 0.6) is 0 Å². The van der Waals surface area contributed by atoms with Crippen LogP contribution in [0.2, 0.25) is 0 Å². The second-order valence-electron chi connectivity index (χ2n) is 6.24. The van der Waals surface area contributed by atoms with Gasteiger partial charge in [0.05, 0.1) is 5.56 Å². The molecule has 28 heavy (non-hydrogen) atoms. The van der Waals surface area contributed by atoms with Gasteiger partial charge in [-0.25, -0.2) is 0 Å². The number of hydrogen-bond donors (Lipinski definition) is 1. The molecule has 0 aliphatic rings. The average molecular weight is 413 g/mol. The van der Waals surface area contributed by atoms with Crippen molar-refractivity contribution in [3.63, 3.8) is 0 Å². The van der Waals surface area contributed by atoms with Crippen molar-refractivity contribution in [3.8, 4) is 0 Å². The van der Waals surface area contributed by atoms with Crippen molar-refractivity contribution in [3.05, 3.63) is 65.2 Å². The molecule has 2 aromatic rings. The summed E-state index contributed by atoms with van der Waals surface area (Å²) in [7, 11) is 2.58. The van der Waals surface area contributed by atoms with Crippen molar-refractivity contribution in [2.75, 3.05) is 19.0 Å². The Kier molecular flexibility index (Phi) is 5.41. The Morgan fingerprint density at radius 3 is 1.54 bits per heavy atom. The molecule has 0 spiro atoms. The quantitative estimate of drug-likeness (QED) is 0.697. The third kappa shape index (κ3) is 3.41. The number of halogens is 8. The minimum atomic E-state index is -6.33. The Morgan fingerprint density at radius 1 is 0.679 bits per heavy atom. The number of anilines is 1. The van der Waals surface area contributed by atoms with Gasteiger partial charge in [0, 0.05) is 30.9 Å². The highest BCUT2D eigenvalue weighted by Crippen LogP contribution is 2.55. The van der Waals surface area contributed by atoms with Gasteiger partial charge in [0.2, 0.25) is 0 Å². The zero-order chi connectivity index (χ0) is 21.5. The number of para-hydroxylation sites is 1. The molecule has 0 aliphatic heterocycles. The number of aliphatic hydroxyl groups is 1. The second-order valence-corrected chi connectivity index (χ2v) is 6.24. The fourth-order valence-corrected chi connectivity index (χ4v) is 2.90. The lowest BCUT2D eigenvalue weighted by atomic mass is 9.77. The first-order valence-electron chi connectivity index (χ1n) is 7.76. The standard InChI is InChI=1S/C18H15F8NO/c1-27(2)14-10-6-5-9-13(14)15(28,17(22,23)18(24,25)26)11-7-3-4-8-12(11)16(19,20)21/h3-10,28H,1-2H3. The molecule has 2 rings (SSSR count). The second kappa shape index (κ2) is 6.91. The van der Waals surface area contributed by atoms with Crippen LogP contribution in [-0.2, 0) is 11.8 Å². The van der Waals surface area contributed by atoms with E-state index in [2.05, 4.69) is 0 Å². The van der Waals surface area contributed by atoms with Gasteiger partial charge < -0.3 is 10.0 Å². The van der Waals surface area contributed by atoms with Crippen LogP contribution >= 0.6 is 0 Å². The summed E-state index contributed by atoms with van der Waals surface area (Å²) in [5, 5.41) is 10.8. The maximum Gasteiger partial charge on any atom is 0.457 e. The van der Waals surface area contributed by atoms with E-state index in [1.807, 2.05) is 0 Å². The zero-order valence-electron chi connectivity index (χ0n) is 14.5. The van der Waals surface area contributed by atoms with E-state index in [-0.39, 0.29) is 5.69 Å². The largest absolute Gasteiger partial charge is 0.457 e. The van der Waals surface area contributed by atoms with Crippen LogP contribution in [0.3, 0.4) is 0 Å². The molecule has 2 aromatic carbocycles. The zero-order valence-corrected chi connectivity index (χ0v) is 14.5. The van der Waals surface area contributed by atoms with Gasteiger partial charge in [0.25, 0.3) is 0 Å². The molecule has 0 saturated carbocycles. The van der Waals surface area contributed by atoms with Crippen molar-refractivity contribution in [1.82, 2.24) is 0 Å². The molecule has 0 heterocycles. The number of nitrogens with zero attached hydrogens (tertiary/aromatic N) is 1. The summed E-state index contributed by atoms with van der Waals surface area (Å²) in [6.07, 6.45) is -11.6. The van der Waals surface area contributed by atoms with Gasteiger partial charge in [-0.15, -0.1) is 0 Å². The summed E-state index contributed by atoms with van der Waals surface area (Å²) in [4.78, 5) is 1.11. The molecule has 154 valence electrons. The normalized spacial score (nSPS) is 15.2. The van der Waals surface area contributed by atoms with E-state index in [1.54, 1.807) is 0 Å². The van der Waals surface area contributed by atoms with E-state index >= 15 is 0 Å². The summed E-state index contributed by atoms with van der Waals surface area (Å²) in [6.45, 7) is 0. The Labute approximate surface area is 155 Å². The van der Waals surface area contributed by atoms with E-state index < -0.39 is 40.6 Å². The van der Waals surface area contributed by atoms with Crippen LogP contribution < -0.4 is 4.90 Å². The van der Waals surface area contributed by atoms with E-state index in [1.165, 1.54) is 20.2 Å². The molecule has 2 nitrogen and oxygen atoms in total. The molecule has 0 aromatic heterocycles. The van der Waals surface area contributed by atoms with E-state index in [0.717, 1.165) is 35.2 Å². The summed E-state index contributed by atoms with van der Waals surface area (Å²) >= 11 is 0. The smallest absolute Gasteiger partial charge is 0.377 e. The Balaban J connectivity index is 3.01. The maximum absolute atomic E-state index is 14.6. The van der Waals surface area contributed by atoms with E-state index in [4.69, 9.17) is 0 Å². The molecule has 0 bridgehead atoms. The minimum Gasteiger partial charge on any atom is -0.377 e. The van der Waals surface area contributed by atoms with Crippen molar-refractivity contribution in [2.24, 2.45) is 0 Å². The van der Waals surface area contributed by atoms with Crippen LogP contribution in [0.1, 0.15) is 16.7 Å². The molecule has 0 amide bonds. The molecule has 1 N–H and O–H groups in total. The van der Waals surface area contributed by atoms with Crippen molar-refractivity contribution < 1.29 is 40.2 Å². The SMILES string of the molecule is CN(C)c1ccccc1C(O)(c1ccccc1C(F)(F)F)C(F)(F)C(F)(F)F. The number of hydrogen-bond acceptors (Lipinski definition) is 2. The van der Waals surface area contributed by atoms with Crippen LogP contribution in [0, 0.1) is 0 Å². The first-order valence-corrected chi connectivity index (χ1v) is 7.76. The summed E-state index contributed by atoms with van der Waals surface area (Å²) in [5.41, 5.74) is -9.04. The lowest BCUT2D eigenvalue weighted by Gasteiger charge is -2.40. The van der Waals surface area contributed by atoms with Gasteiger partial charge in [-0.05, 0) is 12.1 Å². The van der Waals surface area contributed by atoms with Crippen molar-refractivity contribution in [2.45, 2.75) is 23.9 Å². The van der Waals surface area contributed by atoms with Gasteiger partial charge in [-0.2, -0.15) is 35.1 Å². The van der Waals surface area contributed by atoms with Gasteiger partial charge in [0.1, 0.15) is 0 Å². The van der Waals surface area contributed by atoms with E-state index in [0.29, 0.717) is 12.1 Å². The Hall–Kier alpha value is -2.36. The highest BCUT2D eigenvalue weighted by atomic mass is 19.4. The molecule has 0 radical (unpaired) electrons. The number of alkyl halides is 8. The molecule has 0 fully saturated rings. The first-order chi connectivity index (χ1) is 12.7. The van der Waals surface area contributed by atoms with Gasteiger partial charge >= 0.3 is 18.3 Å². The van der Waals surface area contributed by atoms with Crippen LogP contribution in [0.15, 0.2) is 48.5 Å². The van der Waals surface area contributed by atoms with Crippen molar-refractivity contribution in [1.29, 1.82) is 0 Å². The molecule has 10 heteroatoms. The molecule has 0 saturated heterocycles. The summed E-state index contributed by atoms with van der Waals surface area (Å²) in [6, 6.07) is 6.62. The third-order valence-electron chi connectivity index (χ3n) is 4.21. The molecule has 0 aliphatic carbocycles. The molecule has 1 atom stereocenters. The Bertz CT molecular complexity index is 844. The highest BCUT2D eigenvalue weighted by molar-refractivity contribution is 5.60. The van der Waals surface area contributed by atoms with Crippen LogP contribution in [0.4, 0.5) is 40.8 Å². The monoisotopic (exact) mass is 413 g/mol. The predicted molar refractivity (Wildman–Crippen MR) is 86.2 cm³/mol. The summed E-state index contributed by atoms with van der Waals surface area (Å²) in [5.74, 6) is -5.94. The number of benzene rings is 2. The minimum absolute atomic E-state index is 0.300. The fourth-order valence-electron chi connectivity index (χ4n) is 2.90. The molecule has 1 unspecified atom stereocenters. The molecular formula is C18H15F8NO. The maximum atomic E-state index is 14.6. The van der Waals surface area contributed by atoms with Crippen LogP contribution in [0.25, 0.3) is 0 Å². The lowest BCUT2D eigenvalue weighted by molar-refractivity contribution is -0.337. The van der Waals surface area contributed by atoms with Crippen molar-refractivity contribution >= 4 is 5.69 Å². The van der Waals surface area contributed by atoms with Gasteiger partial charge in [-0.3, -0.25) is 0 Å². The molecular weight excluding hydrogens is 398 g/mol. The predicted octanol–water partition coefficient (Wildman–Crippen LogP) is 5.20. The third-order valence-corrected chi connectivity index (χ3v) is 4.21. The van der Waals surface area contributed by atoms with Gasteiger partial charge in [0.15, 0.2) is 5.60 Å².